The molecule has 6 nitrogen and oxygen atoms in total. The van der Waals surface area contributed by atoms with Gasteiger partial charge in [0, 0.05) is 24.8 Å². The summed E-state index contributed by atoms with van der Waals surface area (Å²) in [5.74, 6) is 0.849. The molecule has 3 heterocycles. The summed E-state index contributed by atoms with van der Waals surface area (Å²) < 4.78 is 1.79. The highest BCUT2D eigenvalue weighted by molar-refractivity contribution is 5.27. The van der Waals surface area contributed by atoms with E-state index in [4.69, 9.17) is 0 Å². The van der Waals surface area contributed by atoms with Crippen molar-refractivity contribution in [1.29, 1.82) is 0 Å². The average Bonchev–Trinajstić information content (AvgIpc) is 3.08. The third kappa shape index (κ3) is 4.15. The second-order valence-electron chi connectivity index (χ2n) is 8.51. The Morgan fingerprint density at radius 1 is 1.22 bits per heavy atom. The number of aryl methyl sites for hydroxylation is 1. The predicted molar refractivity (Wildman–Crippen MR) is 106 cm³/mol. The summed E-state index contributed by atoms with van der Waals surface area (Å²) in [5, 5.41) is 7.85. The van der Waals surface area contributed by atoms with Gasteiger partial charge in [-0.05, 0) is 69.0 Å². The third-order valence-corrected chi connectivity index (χ3v) is 6.17. The molecular weight excluding hydrogens is 338 g/mol. The van der Waals surface area contributed by atoms with Crippen molar-refractivity contribution < 1.29 is 0 Å². The van der Waals surface area contributed by atoms with Crippen molar-refractivity contribution in [3.8, 4) is 0 Å². The minimum Gasteiger partial charge on any atom is -0.299 e. The number of aromatic amines is 1. The Hall–Kier alpha value is -1.95. The molecule has 1 N–H and O–H groups in total. The maximum atomic E-state index is 12.3. The van der Waals surface area contributed by atoms with Crippen LogP contribution in [0.5, 0.6) is 0 Å². The smallest absolute Gasteiger partial charge is 0.253 e. The fraction of sp³-hybridized carbons (Fsp3) is 0.667. The van der Waals surface area contributed by atoms with Crippen LogP contribution in [0.3, 0.4) is 0 Å². The lowest BCUT2D eigenvalue weighted by molar-refractivity contribution is 0.164. The quantitative estimate of drug-likeness (QED) is 0.880. The van der Waals surface area contributed by atoms with Gasteiger partial charge < -0.3 is 0 Å². The third-order valence-electron chi connectivity index (χ3n) is 6.17. The van der Waals surface area contributed by atoms with Gasteiger partial charge in [-0.1, -0.05) is 13.8 Å². The highest BCUT2D eigenvalue weighted by atomic mass is 16.1. The predicted octanol–water partition coefficient (Wildman–Crippen LogP) is 2.88. The van der Waals surface area contributed by atoms with Crippen molar-refractivity contribution in [2.75, 3.05) is 13.1 Å². The highest BCUT2D eigenvalue weighted by Gasteiger charge is 2.23. The lowest BCUT2D eigenvalue weighted by Crippen LogP contribution is -2.36. The molecule has 4 rings (SSSR count). The molecule has 6 heteroatoms. The SMILES string of the molecule is CC(C)c1cc(=O)n(CC2CCN(Cc3n[nH]c4c3CCCC4)CC2)cn1. The highest BCUT2D eigenvalue weighted by Crippen LogP contribution is 2.25. The van der Waals surface area contributed by atoms with Crippen LogP contribution in [0.1, 0.15) is 68.1 Å². The summed E-state index contributed by atoms with van der Waals surface area (Å²) in [6, 6.07) is 1.69. The summed E-state index contributed by atoms with van der Waals surface area (Å²) in [6.07, 6.45) is 8.91. The van der Waals surface area contributed by atoms with Crippen LogP contribution in [0, 0.1) is 5.92 Å². The lowest BCUT2D eigenvalue weighted by atomic mass is 9.94. The maximum Gasteiger partial charge on any atom is 0.253 e. The molecule has 2 aromatic heterocycles. The van der Waals surface area contributed by atoms with E-state index < -0.39 is 0 Å². The molecule has 1 aliphatic heterocycles. The van der Waals surface area contributed by atoms with Gasteiger partial charge in [0.2, 0.25) is 0 Å². The average molecular weight is 370 g/mol. The van der Waals surface area contributed by atoms with Crippen molar-refractivity contribution in [3.05, 3.63) is 45.4 Å². The molecule has 0 amide bonds. The van der Waals surface area contributed by atoms with E-state index >= 15 is 0 Å². The minimum atomic E-state index is 0.0827. The molecule has 1 aliphatic carbocycles. The first kappa shape index (κ1) is 18.4. The fourth-order valence-electron chi connectivity index (χ4n) is 4.39. The van der Waals surface area contributed by atoms with Crippen LogP contribution in [0.15, 0.2) is 17.2 Å². The molecule has 0 spiro atoms. The Labute approximate surface area is 161 Å². The normalized spacial score (nSPS) is 18.8. The zero-order valence-corrected chi connectivity index (χ0v) is 16.6. The van der Waals surface area contributed by atoms with Gasteiger partial charge in [0.25, 0.3) is 5.56 Å². The standard InChI is InChI=1S/C21H31N5O/c1-15(2)19-11-21(27)26(14-22-19)12-16-7-9-25(10-8-16)13-20-17-5-3-4-6-18(17)23-24-20/h11,14-16H,3-10,12-13H2,1-2H3,(H,23,24). The number of fused-ring (bicyclic) bond motifs is 1. The Morgan fingerprint density at radius 3 is 2.74 bits per heavy atom. The van der Waals surface area contributed by atoms with E-state index in [0.29, 0.717) is 11.8 Å². The van der Waals surface area contributed by atoms with E-state index in [1.165, 1.54) is 36.2 Å². The van der Waals surface area contributed by atoms with E-state index in [-0.39, 0.29) is 5.56 Å². The molecule has 1 fully saturated rings. The summed E-state index contributed by atoms with van der Waals surface area (Å²) in [6.45, 7) is 8.05. The number of H-pyrrole nitrogens is 1. The maximum absolute atomic E-state index is 12.3. The number of hydrogen-bond donors (Lipinski definition) is 1. The number of hydrogen-bond acceptors (Lipinski definition) is 4. The molecule has 0 atom stereocenters. The van der Waals surface area contributed by atoms with Crippen molar-refractivity contribution in [1.82, 2.24) is 24.6 Å². The number of aromatic nitrogens is 4. The van der Waals surface area contributed by atoms with Crippen LogP contribution < -0.4 is 5.56 Å². The van der Waals surface area contributed by atoms with Crippen molar-refractivity contribution >= 4 is 0 Å². The van der Waals surface area contributed by atoms with E-state index in [1.54, 1.807) is 17.0 Å². The van der Waals surface area contributed by atoms with Crippen molar-refractivity contribution in [2.45, 2.75) is 71.4 Å². The van der Waals surface area contributed by atoms with Gasteiger partial charge >= 0.3 is 0 Å². The molecule has 0 bridgehead atoms. The number of rotatable bonds is 5. The topological polar surface area (TPSA) is 66.8 Å². The number of piperidine rings is 1. The first-order valence-corrected chi connectivity index (χ1v) is 10.4. The first-order valence-electron chi connectivity index (χ1n) is 10.4. The van der Waals surface area contributed by atoms with E-state index in [0.717, 1.165) is 51.1 Å². The van der Waals surface area contributed by atoms with Gasteiger partial charge in [0.15, 0.2) is 0 Å². The molecule has 0 radical (unpaired) electrons. The van der Waals surface area contributed by atoms with E-state index in [1.807, 2.05) is 0 Å². The summed E-state index contributed by atoms with van der Waals surface area (Å²) in [7, 11) is 0. The Balaban J connectivity index is 1.32. The van der Waals surface area contributed by atoms with Gasteiger partial charge in [-0.15, -0.1) is 0 Å². The van der Waals surface area contributed by atoms with Crippen molar-refractivity contribution in [3.63, 3.8) is 0 Å². The number of likely N-dealkylation sites (tertiary alicyclic amines) is 1. The Bertz CT molecular complexity index is 829. The van der Waals surface area contributed by atoms with Crippen LogP contribution in [-0.4, -0.2) is 37.7 Å². The zero-order chi connectivity index (χ0) is 18.8. The van der Waals surface area contributed by atoms with Crippen LogP contribution in [0.2, 0.25) is 0 Å². The summed E-state index contributed by atoms with van der Waals surface area (Å²) in [4.78, 5) is 19.3. The fourth-order valence-corrected chi connectivity index (χ4v) is 4.39. The van der Waals surface area contributed by atoms with Crippen LogP contribution in [-0.2, 0) is 25.9 Å². The molecule has 0 unspecified atom stereocenters. The lowest BCUT2D eigenvalue weighted by Gasteiger charge is -2.32. The van der Waals surface area contributed by atoms with Crippen LogP contribution in [0.25, 0.3) is 0 Å². The number of nitrogens with zero attached hydrogens (tertiary/aromatic N) is 4. The second-order valence-corrected chi connectivity index (χ2v) is 8.51. The zero-order valence-electron chi connectivity index (χ0n) is 16.6. The van der Waals surface area contributed by atoms with Gasteiger partial charge in [-0.2, -0.15) is 5.10 Å². The Morgan fingerprint density at radius 2 is 2.00 bits per heavy atom. The molecule has 0 aromatic carbocycles. The summed E-state index contributed by atoms with van der Waals surface area (Å²) >= 11 is 0. The van der Waals surface area contributed by atoms with Gasteiger partial charge in [-0.3, -0.25) is 19.4 Å². The molecule has 146 valence electrons. The number of nitrogens with one attached hydrogen (secondary N) is 1. The molecule has 0 saturated carbocycles. The first-order chi connectivity index (χ1) is 13.1. The van der Waals surface area contributed by atoms with Gasteiger partial charge in [-0.25, -0.2) is 4.98 Å². The molecule has 27 heavy (non-hydrogen) atoms. The van der Waals surface area contributed by atoms with Gasteiger partial charge in [0.1, 0.15) is 0 Å². The largest absolute Gasteiger partial charge is 0.299 e. The van der Waals surface area contributed by atoms with Crippen LogP contribution in [0.4, 0.5) is 0 Å². The minimum absolute atomic E-state index is 0.0827. The van der Waals surface area contributed by atoms with E-state index in [9.17, 15) is 4.79 Å². The second kappa shape index (κ2) is 7.97. The van der Waals surface area contributed by atoms with E-state index in [2.05, 4.69) is 33.9 Å². The van der Waals surface area contributed by atoms with Gasteiger partial charge in [0.05, 0.1) is 17.7 Å². The Kier molecular flexibility index (Phi) is 5.43. The molecular formula is C21H31N5O. The summed E-state index contributed by atoms with van der Waals surface area (Å²) in [5.41, 5.74) is 5.06. The molecule has 1 saturated heterocycles. The molecule has 2 aromatic rings. The monoisotopic (exact) mass is 369 g/mol. The molecule has 2 aliphatic rings. The van der Waals surface area contributed by atoms with Crippen molar-refractivity contribution in [2.24, 2.45) is 5.92 Å². The van der Waals surface area contributed by atoms with Crippen LogP contribution >= 0.6 is 0 Å².